The average Bonchev–Trinajstić information content (AvgIpc) is 2.58. The lowest BCUT2D eigenvalue weighted by atomic mass is 10.1. The Labute approximate surface area is 100 Å². The van der Waals surface area contributed by atoms with Gasteiger partial charge in [0.05, 0.1) is 5.69 Å². The summed E-state index contributed by atoms with van der Waals surface area (Å²) in [5.41, 5.74) is 8.20. The van der Waals surface area contributed by atoms with Gasteiger partial charge in [-0.2, -0.15) is 0 Å². The zero-order valence-corrected chi connectivity index (χ0v) is 10.1. The molecular formula is C13H16FN3. The van der Waals surface area contributed by atoms with Crippen LogP contribution in [-0.4, -0.2) is 16.1 Å². The van der Waals surface area contributed by atoms with Crippen LogP contribution in [0.5, 0.6) is 0 Å². The van der Waals surface area contributed by atoms with E-state index < -0.39 is 0 Å². The molecule has 0 amide bonds. The first-order chi connectivity index (χ1) is 8.13. The standard InChI is InChI=1S/C13H16FN3/c1-9-13(10-4-3-5-11(14)8-10)16-12(6-7-15)17(9)2/h3-5,8H,6-7,15H2,1-2H3. The van der Waals surface area contributed by atoms with E-state index in [1.54, 1.807) is 6.07 Å². The fourth-order valence-corrected chi connectivity index (χ4v) is 1.90. The molecule has 0 saturated carbocycles. The minimum absolute atomic E-state index is 0.243. The summed E-state index contributed by atoms with van der Waals surface area (Å²) < 4.78 is 15.2. The van der Waals surface area contributed by atoms with Crippen molar-refractivity contribution in [3.63, 3.8) is 0 Å². The van der Waals surface area contributed by atoms with Gasteiger partial charge in [-0.25, -0.2) is 9.37 Å². The summed E-state index contributed by atoms with van der Waals surface area (Å²) in [6.07, 6.45) is 0.729. The highest BCUT2D eigenvalue weighted by atomic mass is 19.1. The molecule has 0 aliphatic rings. The summed E-state index contributed by atoms with van der Waals surface area (Å²) >= 11 is 0. The van der Waals surface area contributed by atoms with E-state index in [4.69, 9.17) is 5.73 Å². The molecule has 0 bridgehead atoms. The molecule has 17 heavy (non-hydrogen) atoms. The molecule has 0 unspecified atom stereocenters. The largest absolute Gasteiger partial charge is 0.335 e. The molecule has 0 fully saturated rings. The zero-order valence-electron chi connectivity index (χ0n) is 10.1. The van der Waals surface area contributed by atoms with Crippen molar-refractivity contribution in [3.8, 4) is 11.3 Å². The molecule has 1 aromatic carbocycles. The Morgan fingerprint density at radius 1 is 1.41 bits per heavy atom. The number of hydrogen-bond acceptors (Lipinski definition) is 2. The Kier molecular flexibility index (Phi) is 3.24. The van der Waals surface area contributed by atoms with Gasteiger partial charge >= 0.3 is 0 Å². The summed E-state index contributed by atoms with van der Waals surface area (Å²) in [5.74, 6) is 0.692. The van der Waals surface area contributed by atoms with E-state index in [0.717, 1.165) is 29.2 Å². The van der Waals surface area contributed by atoms with Gasteiger partial charge in [-0.15, -0.1) is 0 Å². The molecule has 0 saturated heterocycles. The van der Waals surface area contributed by atoms with Crippen LogP contribution in [0.2, 0.25) is 0 Å². The van der Waals surface area contributed by atoms with E-state index in [1.807, 2.05) is 24.6 Å². The van der Waals surface area contributed by atoms with Crippen LogP contribution in [0.1, 0.15) is 11.5 Å². The van der Waals surface area contributed by atoms with Gasteiger partial charge in [0.1, 0.15) is 11.6 Å². The topological polar surface area (TPSA) is 43.8 Å². The number of imidazole rings is 1. The van der Waals surface area contributed by atoms with Crippen molar-refractivity contribution in [2.24, 2.45) is 12.8 Å². The fraction of sp³-hybridized carbons (Fsp3) is 0.308. The molecule has 0 atom stereocenters. The fourth-order valence-electron chi connectivity index (χ4n) is 1.90. The summed E-state index contributed by atoms with van der Waals surface area (Å²) in [7, 11) is 1.95. The highest BCUT2D eigenvalue weighted by Crippen LogP contribution is 2.23. The van der Waals surface area contributed by atoms with E-state index in [2.05, 4.69) is 4.98 Å². The SMILES string of the molecule is Cc1c(-c2cccc(F)c2)nc(CCN)n1C. The predicted octanol–water partition coefficient (Wildman–Crippen LogP) is 2.04. The lowest BCUT2D eigenvalue weighted by Crippen LogP contribution is -2.08. The van der Waals surface area contributed by atoms with E-state index in [-0.39, 0.29) is 5.82 Å². The maximum Gasteiger partial charge on any atom is 0.123 e. The van der Waals surface area contributed by atoms with Crippen molar-refractivity contribution < 1.29 is 4.39 Å². The molecular weight excluding hydrogens is 217 g/mol. The van der Waals surface area contributed by atoms with Crippen molar-refractivity contribution in [2.75, 3.05) is 6.54 Å². The number of nitrogens with two attached hydrogens (primary N) is 1. The smallest absolute Gasteiger partial charge is 0.123 e. The monoisotopic (exact) mass is 233 g/mol. The van der Waals surface area contributed by atoms with Crippen LogP contribution in [0, 0.1) is 12.7 Å². The van der Waals surface area contributed by atoms with Crippen molar-refractivity contribution in [3.05, 3.63) is 41.6 Å². The summed E-state index contributed by atoms with van der Waals surface area (Å²) in [4.78, 5) is 4.53. The second kappa shape index (κ2) is 4.67. The average molecular weight is 233 g/mol. The second-order valence-corrected chi connectivity index (χ2v) is 4.07. The maximum atomic E-state index is 13.2. The van der Waals surface area contributed by atoms with Gasteiger partial charge in [-0.1, -0.05) is 12.1 Å². The van der Waals surface area contributed by atoms with Gasteiger partial charge < -0.3 is 10.3 Å². The van der Waals surface area contributed by atoms with E-state index in [0.29, 0.717) is 6.54 Å². The lowest BCUT2D eigenvalue weighted by molar-refractivity contribution is 0.628. The van der Waals surface area contributed by atoms with Crippen LogP contribution in [0.3, 0.4) is 0 Å². The zero-order chi connectivity index (χ0) is 12.4. The summed E-state index contributed by atoms with van der Waals surface area (Å²) in [6.45, 7) is 2.54. The summed E-state index contributed by atoms with van der Waals surface area (Å²) in [6, 6.07) is 6.50. The molecule has 1 aromatic heterocycles. The number of hydrogen-bond donors (Lipinski definition) is 1. The molecule has 2 aromatic rings. The van der Waals surface area contributed by atoms with Gasteiger partial charge in [0.15, 0.2) is 0 Å². The van der Waals surface area contributed by atoms with Gasteiger partial charge in [0.2, 0.25) is 0 Å². The highest BCUT2D eigenvalue weighted by molar-refractivity contribution is 5.62. The van der Waals surface area contributed by atoms with Gasteiger partial charge in [0.25, 0.3) is 0 Å². The van der Waals surface area contributed by atoms with Crippen molar-refractivity contribution >= 4 is 0 Å². The maximum absolute atomic E-state index is 13.2. The molecule has 2 N–H and O–H groups in total. The normalized spacial score (nSPS) is 10.8. The van der Waals surface area contributed by atoms with Crippen LogP contribution >= 0.6 is 0 Å². The van der Waals surface area contributed by atoms with Gasteiger partial charge in [-0.3, -0.25) is 0 Å². The molecule has 90 valence electrons. The van der Waals surface area contributed by atoms with Crippen molar-refractivity contribution in [1.82, 2.24) is 9.55 Å². The first-order valence-corrected chi connectivity index (χ1v) is 5.61. The van der Waals surface area contributed by atoms with Gasteiger partial charge in [0, 0.05) is 24.7 Å². The molecule has 4 heteroatoms. The first kappa shape index (κ1) is 11.8. The summed E-state index contributed by atoms with van der Waals surface area (Å²) in [5, 5.41) is 0. The number of nitrogens with zero attached hydrogens (tertiary/aromatic N) is 2. The third-order valence-electron chi connectivity index (χ3n) is 2.94. The van der Waals surface area contributed by atoms with Crippen molar-refractivity contribution in [1.29, 1.82) is 0 Å². The van der Waals surface area contributed by atoms with E-state index >= 15 is 0 Å². The van der Waals surface area contributed by atoms with Crippen LogP contribution in [-0.2, 0) is 13.5 Å². The first-order valence-electron chi connectivity index (χ1n) is 5.61. The Morgan fingerprint density at radius 3 is 2.82 bits per heavy atom. The highest BCUT2D eigenvalue weighted by Gasteiger charge is 2.12. The number of halogens is 1. The molecule has 2 rings (SSSR count). The molecule has 0 aliphatic heterocycles. The minimum atomic E-state index is -0.243. The van der Waals surface area contributed by atoms with Crippen LogP contribution < -0.4 is 5.73 Å². The number of benzene rings is 1. The number of rotatable bonds is 3. The van der Waals surface area contributed by atoms with Gasteiger partial charge in [-0.05, 0) is 25.6 Å². The molecule has 0 aliphatic carbocycles. The third kappa shape index (κ3) is 2.22. The Hall–Kier alpha value is -1.68. The molecule has 3 nitrogen and oxygen atoms in total. The Bertz CT molecular complexity index is 531. The number of aromatic nitrogens is 2. The van der Waals surface area contributed by atoms with Crippen LogP contribution in [0.15, 0.2) is 24.3 Å². The molecule has 0 radical (unpaired) electrons. The van der Waals surface area contributed by atoms with Crippen LogP contribution in [0.25, 0.3) is 11.3 Å². The Balaban J connectivity index is 2.49. The van der Waals surface area contributed by atoms with E-state index in [9.17, 15) is 4.39 Å². The quantitative estimate of drug-likeness (QED) is 0.881. The van der Waals surface area contributed by atoms with E-state index in [1.165, 1.54) is 12.1 Å². The predicted molar refractivity (Wildman–Crippen MR) is 66.1 cm³/mol. The minimum Gasteiger partial charge on any atom is -0.335 e. The molecule has 0 spiro atoms. The third-order valence-corrected chi connectivity index (χ3v) is 2.94. The molecule has 1 heterocycles. The second-order valence-electron chi connectivity index (χ2n) is 4.07. The van der Waals surface area contributed by atoms with Crippen molar-refractivity contribution in [2.45, 2.75) is 13.3 Å². The lowest BCUT2D eigenvalue weighted by Gasteiger charge is -2.01. The Morgan fingerprint density at radius 2 is 2.18 bits per heavy atom. The van der Waals surface area contributed by atoms with Crippen LogP contribution in [0.4, 0.5) is 4.39 Å².